The minimum absolute atomic E-state index is 0.0803. The fraction of sp³-hybridized carbons (Fsp3) is 0.409. The zero-order chi connectivity index (χ0) is 19.0. The number of likely N-dealkylation sites (tertiary alicyclic amines) is 1. The standard InChI is InChI=1S/C22H26N4O/c1-15(2)21-18(22(27)25-11-9-16(3)10-12-25)14-23-20-13-19(24-26(20)21)17-7-5-4-6-8-17/h4-8,13-16H,9-12H2,1-3H3. The van der Waals surface area contributed by atoms with E-state index in [2.05, 4.69) is 25.8 Å². The van der Waals surface area contributed by atoms with Gasteiger partial charge in [-0.05, 0) is 24.7 Å². The molecule has 1 aromatic carbocycles. The van der Waals surface area contributed by atoms with Gasteiger partial charge in [0.15, 0.2) is 5.65 Å². The summed E-state index contributed by atoms with van der Waals surface area (Å²) in [5.74, 6) is 0.942. The van der Waals surface area contributed by atoms with Gasteiger partial charge in [-0.15, -0.1) is 0 Å². The van der Waals surface area contributed by atoms with Crippen molar-refractivity contribution in [3.63, 3.8) is 0 Å². The molecule has 3 heterocycles. The molecular formula is C22H26N4O. The van der Waals surface area contributed by atoms with E-state index in [-0.39, 0.29) is 11.8 Å². The molecule has 27 heavy (non-hydrogen) atoms. The summed E-state index contributed by atoms with van der Waals surface area (Å²) in [5, 5.41) is 4.79. The van der Waals surface area contributed by atoms with E-state index in [1.54, 1.807) is 6.20 Å². The summed E-state index contributed by atoms with van der Waals surface area (Å²) in [5.41, 5.74) is 4.32. The zero-order valence-electron chi connectivity index (χ0n) is 16.2. The van der Waals surface area contributed by atoms with Crippen LogP contribution in [-0.4, -0.2) is 38.5 Å². The van der Waals surface area contributed by atoms with Gasteiger partial charge < -0.3 is 4.90 Å². The van der Waals surface area contributed by atoms with Gasteiger partial charge in [0.1, 0.15) is 0 Å². The van der Waals surface area contributed by atoms with Gasteiger partial charge in [0, 0.05) is 30.9 Å². The predicted molar refractivity (Wildman–Crippen MR) is 107 cm³/mol. The molecule has 3 aromatic rings. The van der Waals surface area contributed by atoms with E-state index in [0.29, 0.717) is 11.5 Å². The summed E-state index contributed by atoms with van der Waals surface area (Å²) in [4.78, 5) is 19.7. The molecule has 0 radical (unpaired) electrons. The lowest BCUT2D eigenvalue weighted by Gasteiger charge is -2.31. The fourth-order valence-electron chi connectivity index (χ4n) is 3.80. The van der Waals surface area contributed by atoms with Gasteiger partial charge in [-0.2, -0.15) is 5.10 Å². The maximum absolute atomic E-state index is 13.2. The largest absolute Gasteiger partial charge is 0.339 e. The van der Waals surface area contributed by atoms with E-state index in [9.17, 15) is 4.79 Å². The number of hydrogen-bond donors (Lipinski definition) is 0. The van der Waals surface area contributed by atoms with Crippen LogP contribution in [0.15, 0.2) is 42.6 Å². The molecule has 140 valence electrons. The fourth-order valence-corrected chi connectivity index (χ4v) is 3.80. The lowest BCUT2D eigenvalue weighted by atomic mass is 9.97. The van der Waals surface area contributed by atoms with Gasteiger partial charge in [-0.25, -0.2) is 9.50 Å². The monoisotopic (exact) mass is 362 g/mol. The number of amides is 1. The minimum Gasteiger partial charge on any atom is -0.339 e. The second kappa shape index (κ2) is 7.14. The number of piperidine rings is 1. The summed E-state index contributed by atoms with van der Waals surface area (Å²) in [7, 11) is 0. The number of benzene rings is 1. The Balaban J connectivity index is 1.77. The Morgan fingerprint density at radius 3 is 2.52 bits per heavy atom. The summed E-state index contributed by atoms with van der Waals surface area (Å²) < 4.78 is 1.85. The van der Waals surface area contributed by atoms with Crippen molar-refractivity contribution < 1.29 is 4.79 Å². The number of aromatic nitrogens is 3. The molecule has 0 saturated carbocycles. The number of fused-ring (bicyclic) bond motifs is 1. The summed E-state index contributed by atoms with van der Waals surface area (Å²) >= 11 is 0. The van der Waals surface area contributed by atoms with Crippen molar-refractivity contribution in [2.45, 2.75) is 39.5 Å². The maximum Gasteiger partial charge on any atom is 0.257 e. The van der Waals surface area contributed by atoms with Crippen molar-refractivity contribution in [3.05, 3.63) is 53.9 Å². The number of nitrogens with zero attached hydrogens (tertiary/aromatic N) is 4. The quantitative estimate of drug-likeness (QED) is 0.694. The van der Waals surface area contributed by atoms with Crippen molar-refractivity contribution in [1.29, 1.82) is 0 Å². The molecule has 5 nitrogen and oxygen atoms in total. The number of carbonyl (C=O) groups excluding carboxylic acids is 1. The molecule has 1 fully saturated rings. The average molecular weight is 362 g/mol. The topological polar surface area (TPSA) is 50.5 Å². The second-order valence-electron chi connectivity index (χ2n) is 7.85. The van der Waals surface area contributed by atoms with Gasteiger partial charge in [-0.3, -0.25) is 4.79 Å². The molecule has 1 amide bonds. The molecule has 0 spiro atoms. The molecule has 5 heteroatoms. The van der Waals surface area contributed by atoms with Crippen LogP contribution in [0.2, 0.25) is 0 Å². The highest BCUT2D eigenvalue weighted by Crippen LogP contribution is 2.26. The highest BCUT2D eigenvalue weighted by atomic mass is 16.2. The zero-order valence-corrected chi connectivity index (χ0v) is 16.2. The molecule has 1 saturated heterocycles. The Morgan fingerprint density at radius 1 is 1.15 bits per heavy atom. The van der Waals surface area contributed by atoms with Crippen LogP contribution >= 0.6 is 0 Å². The lowest BCUT2D eigenvalue weighted by molar-refractivity contribution is 0.0694. The van der Waals surface area contributed by atoms with Crippen LogP contribution in [0.3, 0.4) is 0 Å². The predicted octanol–water partition coefficient (Wildman–Crippen LogP) is 4.39. The number of hydrogen-bond acceptors (Lipinski definition) is 3. The van der Waals surface area contributed by atoms with Crippen molar-refractivity contribution in [2.24, 2.45) is 5.92 Å². The first kappa shape index (κ1) is 17.7. The first-order valence-electron chi connectivity index (χ1n) is 9.78. The maximum atomic E-state index is 13.2. The summed E-state index contributed by atoms with van der Waals surface area (Å²) in [6.07, 6.45) is 3.87. The van der Waals surface area contributed by atoms with Crippen molar-refractivity contribution in [2.75, 3.05) is 13.1 Å². The van der Waals surface area contributed by atoms with Crippen LogP contribution in [0.25, 0.3) is 16.9 Å². The smallest absolute Gasteiger partial charge is 0.257 e. The average Bonchev–Trinajstić information content (AvgIpc) is 3.12. The van der Waals surface area contributed by atoms with Crippen molar-refractivity contribution in [1.82, 2.24) is 19.5 Å². The Morgan fingerprint density at radius 2 is 1.85 bits per heavy atom. The van der Waals surface area contributed by atoms with Crippen molar-refractivity contribution in [3.8, 4) is 11.3 Å². The lowest BCUT2D eigenvalue weighted by Crippen LogP contribution is -2.38. The van der Waals surface area contributed by atoms with E-state index in [1.165, 1.54) is 0 Å². The van der Waals surface area contributed by atoms with Gasteiger partial charge in [-0.1, -0.05) is 51.1 Å². The van der Waals surface area contributed by atoms with E-state index >= 15 is 0 Å². The summed E-state index contributed by atoms with van der Waals surface area (Å²) in [6, 6.07) is 12.1. The molecule has 0 atom stereocenters. The Hall–Kier alpha value is -2.69. The molecule has 1 aliphatic rings. The second-order valence-corrected chi connectivity index (χ2v) is 7.85. The van der Waals surface area contributed by atoms with E-state index in [0.717, 1.165) is 48.5 Å². The first-order valence-corrected chi connectivity index (χ1v) is 9.78. The van der Waals surface area contributed by atoms with E-state index in [1.807, 2.05) is 45.8 Å². The van der Waals surface area contributed by atoms with Gasteiger partial charge in [0.05, 0.1) is 17.0 Å². The van der Waals surface area contributed by atoms with Crippen molar-refractivity contribution >= 4 is 11.6 Å². The van der Waals surface area contributed by atoms with E-state index < -0.39 is 0 Å². The van der Waals surface area contributed by atoms with Gasteiger partial charge in [0.25, 0.3) is 5.91 Å². The third-order valence-electron chi connectivity index (χ3n) is 5.44. The van der Waals surface area contributed by atoms with E-state index in [4.69, 9.17) is 5.10 Å². The number of rotatable bonds is 3. The molecule has 0 bridgehead atoms. The van der Waals surface area contributed by atoms with Crippen LogP contribution in [-0.2, 0) is 0 Å². The van der Waals surface area contributed by atoms with Crippen LogP contribution in [0, 0.1) is 5.92 Å². The molecule has 1 aliphatic heterocycles. The highest BCUT2D eigenvalue weighted by Gasteiger charge is 2.26. The molecule has 0 N–H and O–H groups in total. The summed E-state index contributed by atoms with van der Waals surface area (Å²) in [6.45, 7) is 8.11. The first-order chi connectivity index (χ1) is 13.0. The molecule has 0 aliphatic carbocycles. The van der Waals surface area contributed by atoms with Crippen LogP contribution in [0.4, 0.5) is 0 Å². The van der Waals surface area contributed by atoms with Gasteiger partial charge >= 0.3 is 0 Å². The van der Waals surface area contributed by atoms with Crippen LogP contribution in [0.5, 0.6) is 0 Å². The SMILES string of the molecule is CC1CCN(C(=O)c2cnc3cc(-c4ccccc4)nn3c2C(C)C)CC1. The normalized spacial score (nSPS) is 15.6. The number of carbonyl (C=O) groups is 1. The Labute approximate surface area is 160 Å². The molecule has 2 aromatic heterocycles. The third kappa shape index (κ3) is 3.34. The highest BCUT2D eigenvalue weighted by molar-refractivity contribution is 5.95. The Bertz CT molecular complexity index is 953. The molecule has 0 unspecified atom stereocenters. The minimum atomic E-state index is 0.0803. The molecule has 4 rings (SSSR count). The van der Waals surface area contributed by atoms with Crippen LogP contribution in [0.1, 0.15) is 55.6 Å². The van der Waals surface area contributed by atoms with Crippen LogP contribution < -0.4 is 0 Å². The third-order valence-corrected chi connectivity index (χ3v) is 5.44. The van der Waals surface area contributed by atoms with Gasteiger partial charge in [0.2, 0.25) is 0 Å². The Kier molecular flexibility index (Phi) is 4.68. The molecular weight excluding hydrogens is 336 g/mol.